The van der Waals surface area contributed by atoms with Crippen LogP contribution in [0.15, 0.2) is 36.4 Å². The molecular weight excluding hydrogens is 287 g/mol. The average Bonchev–Trinajstić information content (AvgIpc) is 2.40. The zero-order chi connectivity index (χ0) is 14.8. The summed E-state index contributed by atoms with van der Waals surface area (Å²) in [5.74, 6) is 0. The molecule has 1 unspecified atom stereocenters. The fourth-order valence-electron chi connectivity index (χ4n) is 2.23. The third kappa shape index (κ3) is 3.07. The number of nitrogens with one attached hydrogen (secondary N) is 1. The first-order chi connectivity index (χ1) is 9.45. The Morgan fingerprint density at radius 3 is 2.35 bits per heavy atom. The molecular formula is C15H15ClF3N. The number of halogens is 4. The summed E-state index contributed by atoms with van der Waals surface area (Å²) in [6, 6.07) is 8.17. The van der Waals surface area contributed by atoms with Crippen LogP contribution in [0.2, 0.25) is 5.02 Å². The van der Waals surface area contributed by atoms with Gasteiger partial charge in [-0.25, -0.2) is 0 Å². The first-order valence-electron chi connectivity index (χ1n) is 6.42. The van der Waals surface area contributed by atoms with Gasteiger partial charge in [0, 0.05) is 10.4 Å². The predicted octanol–water partition coefficient (Wildman–Crippen LogP) is 5.10. The minimum atomic E-state index is -4.34. The lowest BCUT2D eigenvalue weighted by molar-refractivity contribution is -0.157. The van der Waals surface area contributed by atoms with E-state index in [1.165, 1.54) is 12.1 Å². The number of hydrogen-bond acceptors (Lipinski definition) is 1. The number of hydrogen-bond donors (Lipinski definition) is 1. The number of alkyl halides is 3. The Morgan fingerprint density at radius 2 is 1.75 bits per heavy atom. The van der Waals surface area contributed by atoms with Gasteiger partial charge in [0.2, 0.25) is 0 Å². The summed E-state index contributed by atoms with van der Waals surface area (Å²) >= 11 is 6.05. The first kappa shape index (κ1) is 15.1. The Balaban J connectivity index is 2.56. The van der Waals surface area contributed by atoms with Gasteiger partial charge >= 0.3 is 6.18 Å². The van der Waals surface area contributed by atoms with E-state index in [1.54, 1.807) is 24.3 Å². The first-order valence-corrected chi connectivity index (χ1v) is 6.80. The molecule has 0 spiro atoms. The average molecular weight is 302 g/mol. The van der Waals surface area contributed by atoms with Gasteiger partial charge in [-0.1, -0.05) is 48.9 Å². The van der Waals surface area contributed by atoms with Crippen LogP contribution in [0.3, 0.4) is 0 Å². The summed E-state index contributed by atoms with van der Waals surface area (Å²) in [6.45, 7) is 2.14. The predicted molar refractivity (Wildman–Crippen MR) is 76.0 cm³/mol. The van der Waals surface area contributed by atoms with Crippen molar-refractivity contribution in [2.45, 2.75) is 25.6 Å². The third-order valence-electron chi connectivity index (χ3n) is 3.14. The maximum absolute atomic E-state index is 13.3. The standard InChI is InChI=1S/C15H15ClF3N/c1-2-9-20-14(15(17,18)19)12-7-8-13(16)11-6-4-3-5-10(11)12/h3-8,14,20H,2,9H2,1H3. The molecule has 0 fully saturated rings. The zero-order valence-corrected chi connectivity index (χ0v) is 11.7. The molecule has 5 heteroatoms. The molecule has 1 nitrogen and oxygen atoms in total. The molecule has 1 atom stereocenters. The third-order valence-corrected chi connectivity index (χ3v) is 3.47. The van der Waals surface area contributed by atoms with Gasteiger partial charge in [-0.2, -0.15) is 13.2 Å². The van der Waals surface area contributed by atoms with Gasteiger partial charge in [0.05, 0.1) is 0 Å². The lowest BCUT2D eigenvalue weighted by atomic mass is 9.98. The van der Waals surface area contributed by atoms with Crippen LogP contribution in [0.1, 0.15) is 24.9 Å². The van der Waals surface area contributed by atoms with E-state index in [2.05, 4.69) is 5.32 Å². The molecule has 0 aliphatic carbocycles. The van der Waals surface area contributed by atoms with Gasteiger partial charge in [0.15, 0.2) is 0 Å². The molecule has 2 aromatic rings. The monoisotopic (exact) mass is 301 g/mol. The highest BCUT2D eigenvalue weighted by atomic mass is 35.5. The number of rotatable bonds is 4. The minimum Gasteiger partial charge on any atom is -0.302 e. The largest absolute Gasteiger partial charge is 0.407 e. The lowest BCUT2D eigenvalue weighted by Gasteiger charge is -2.23. The van der Waals surface area contributed by atoms with Crippen molar-refractivity contribution in [3.05, 3.63) is 47.0 Å². The van der Waals surface area contributed by atoms with Gasteiger partial charge in [0.1, 0.15) is 6.04 Å². The smallest absolute Gasteiger partial charge is 0.302 e. The normalized spacial score (nSPS) is 13.7. The fourth-order valence-corrected chi connectivity index (χ4v) is 2.46. The van der Waals surface area contributed by atoms with Crippen LogP contribution in [-0.4, -0.2) is 12.7 Å². The van der Waals surface area contributed by atoms with Crippen LogP contribution >= 0.6 is 11.6 Å². The fraction of sp³-hybridized carbons (Fsp3) is 0.333. The van der Waals surface area contributed by atoms with Crippen molar-refractivity contribution >= 4 is 22.4 Å². The molecule has 2 aromatic carbocycles. The molecule has 0 saturated carbocycles. The van der Waals surface area contributed by atoms with E-state index in [9.17, 15) is 13.2 Å². The van der Waals surface area contributed by atoms with Gasteiger partial charge in [-0.05, 0) is 30.0 Å². The van der Waals surface area contributed by atoms with E-state index < -0.39 is 12.2 Å². The molecule has 2 rings (SSSR count). The molecule has 0 heterocycles. The van der Waals surface area contributed by atoms with Gasteiger partial charge in [0.25, 0.3) is 0 Å². The van der Waals surface area contributed by atoms with Crippen molar-refractivity contribution in [3.63, 3.8) is 0 Å². The van der Waals surface area contributed by atoms with Crippen molar-refractivity contribution in [3.8, 4) is 0 Å². The maximum Gasteiger partial charge on any atom is 0.407 e. The van der Waals surface area contributed by atoms with Crippen LogP contribution < -0.4 is 5.32 Å². The Labute approximate surface area is 120 Å². The van der Waals surface area contributed by atoms with Crippen LogP contribution in [0.25, 0.3) is 10.8 Å². The summed E-state index contributed by atoms with van der Waals surface area (Å²) in [7, 11) is 0. The maximum atomic E-state index is 13.3. The van der Waals surface area contributed by atoms with Gasteiger partial charge < -0.3 is 5.32 Å². The highest BCUT2D eigenvalue weighted by Gasteiger charge is 2.41. The van der Waals surface area contributed by atoms with E-state index >= 15 is 0 Å². The molecule has 0 radical (unpaired) electrons. The Kier molecular flexibility index (Phi) is 4.55. The highest BCUT2D eigenvalue weighted by Crippen LogP contribution is 2.38. The molecule has 0 amide bonds. The van der Waals surface area contributed by atoms with Crippen LogP contribution in [0.5, 0.6) is 0 Å². The summed E-state index contributed by atoms with van der Waals surface area (Å²) in [5, 5.41) is 4.20. The summed E-state index contributed by atoms with van der Waals surface area (Å²) in [4.78, 5) is 0. The number of fused-ring (bicyclic) bond motifs is 1. The molecule has 0 aliphatic heterocycles. The molecule has 108 valence electrons. The van der Waals surface area contributed by atoms with Crippen LogP contribution in [-0.2, 0) is 0 Å². The molecule has 1 N–H and O–H groups in total. The van der Waals surface area contributed by atoms with E-state index in [0.717, 1.165) is 0 Å². The van der Waals surface area contributed by atoms with Crippen LogP contribution in [0.4, 0.5) is 13.2 Å². The Bertz CT molecular complexity index is 595. The van der Waals surface area contributed by atoms with Crippen molar-refractivity contribution in [2.24, 2.45) is 0 Å². The molecule has 0 saturated heterocycles. The SMILES string of the molecule is CCCNC(c1ccc(Cl)c2ccccc12)C(F)(F)F. The van der Waals surface area contributed by atoms with Crippen molar-refractivity contribution in [1.29, 1.82) is 0 Å². The van der Waals surface area contributed by atoms with Crippen molar-refractivity contribution < 1.29 is 13.2 Å². The van der Waals surface area contributed by atoms with E-state index in [0.29, 0.717) is 28.8 Å². The summed E-state index contributed by atoms with van der Waals surface area (Å²) < 4.78 is 39.8. The van der Waals surface area contributed by atoms with E-state index in [4.69, 9.17) is 11.6 Å². The van der Waals surface area contributed by atoms with Crippen molar-refractivity contribution in [2.75, 3.05) is 6.54 Å². The van der Waals surface area contributed by atoms with Crippen molar-refractivity contribution in [1.82, 2.24) is 5.32 Å². The van der Waals surface area contributed by atoms with Gasteiger partial charge in [-0.3, -0.25) is 0 Å². The summed E-state index contributed by atoms with van der Waals surface area (Å²) in [6.07, 6.45) is -3.70. The second-order valence-corrected chi connectivity index (χ2v) is 5.02. The molecule has 20 heavy (non-hydrogen) atoms. The quantitative estimate of drug-likeness (QED) is 0.829. The van der Waals surface area contributed by atoms with E-state index in [1.807, 2.05) is 6.92 Å². The lowest BCUT2D eigenvalue weighted by Crippen LogP contribution is -2.34. The second-order valence-electron chi connectivity index (χ2n) is 4.61. The second kappa shape index (κ2) is 6.02. The minimum absolute atomic E-state index is 0.214. The molecule has 0 bridgehead atoms. The van der Waals surface area contributed by atoms with Crippen LogP contribution in [0, 0.1) is 0 Å². The topological polar surface area (TPSA) is 12.0 Å². The Morgan fingerprint density at radius 1 is 1.10 bits per heavy atom. The Hall–Kier alpha value is -1.26. The highest BCUT2D eigenvalue weighted by molar-refractivity contribution is 6.35. The number of benzene rings is 2. The molecule has 0 aliphatic rings. The van der Waals surface area contributed by atoms with E-state index in [-0.39, 0.29) is 5.56 Å². The van der Waals surface area contributed by atoms with Gasteiger partial charge in [-0.15, -0.1) is 0 Å². The zero-order valence-electron chi connectivity index (χ0n) is 11.0. The summed E-state index contributed by atoms with van der Waals surface area (Å²) in [5.41, 5.74) is 0.214. The molecule has 0 aromatic heterocycles.